The van der Waals surface area contributed by atoms with Gasteiger partial charge in [0.25, 0.3) is 0 Å². The van der Waals surface area contributed by atoms with Crippen molar-refractivity contribution < 1.29 is 0 Å². The van der Waals surface area contributed by atoms with Crippen molar-refractivity contribution in [3.8, 4) is 0 Å². The van der Waals surface area contributed by atoms with Gasteiger partial charge in [-0.15, -0.1) is 0 Å². The van der Waals surface area contributed by atoms with Crippen molar-refractivity contribution in [3.05, 3.63) is 12.3 Å². The fourth-order valence-electron chi connectivity index (χ4n) is 1.02. The molecule has 0 radical (unpaired) electrons. The Morgan fingerprint density at radius 3 is 2.53 bits per heavy atom. The summed E-state index contributed by atoms with van der Waals surface area (Å²) in [6.07, 6.45) is 1.77. The number of hydrogen-bond acceptors (Lipinski definition) is 4. The van der Waals surface area contributed by atoms with E-state index in [-0.39, 0.29) is 5.41 Å². The lowest BCUT2D eigenvalue weighted by Gasteiger charge is -2.19. The normalized spacial score (nSPS) is 11.3. The Hall–Kier alpha value is -1.32. The highest BCUT2D eigenvalue weighted by Crippen LogP contribution is 2.14. The van der Waals surface area contributed by atoms with Crippen LogP contribution in [0.2, 0.25) is 0 Å². The summed E-state index contributed by atoms with van der Waals surface area (Å²) in [5.41, 5.74) is 0.253. The van der Waals surface area contributed by atoms with Crippen molar-refractivity contribution >= 4 is 11.8 Å². The van der Waals surface area contributed by atoms with E-state index in [0.29, 0.717) is 0 Å². The Labute approximate surface area is 91.7 Å². The zero-order valence-electron chi connectivity index (χ0n) is 10.2. The Bertz CT molecular complexity index is 315. The number of nitrogens with one attached hydrogen (secondary N) is 1. The molecule has 0 amide bonds. The number of hydrogen-bond donors (Lipinski definition) is 1. The van der Waals surface area contributed by atoms with E-state index in [9.17, 15) is 0 Å². The first-order chi connectivity index (χ1) is 6.88. The van der Waals surface area contributed by atoms with E-state index in [2.05, 4.69) is 36.1 Å². The van der Waals surface area contributed by atoms with Crippen LogP contribution in [0.15, 0.2) is 12.3 Å². The lowest BCUT2D eigenvalue weighted by atomic mass is 9.97. The molecule has 0 spiro atoms. The molecule has 15 heavy (non-hydrogen) atoms. The van der Waals surface area contributed by atoms with Gasteiger partial charge in [0.1, 0.15) is 5.82 Å². The van der Waals surface area contributed by atoms with Crippen LogP contribution in [0, 0.1) is 5.41 Å². The third-order valence-corrected chi connectivity index (χ3v) is 1.84. The quantitative estimate of drug-likeness (QED) is 0.825. The first-order valence-electron chi connectivity index (χ1n) is 5.13. The van der Waals surface area contributed by atoms with Crippen LogP contribution in [0.4, 0.5) is 11.8 Å². The maximum atomic E-state index is 4.38. The molecule has 4 heteroatoms. The van der Waals surface area contributed by atoms with Crippen LogP contribution < -0.4 is 10.2 Å². The monoisotopic (exact) mass is 208 g/mol. The van der Waals surface area contributed by atoms with Crippen molar-refractivity contribution in [3.63, 3.8) is 0 Å². The molecule has 1 heterocycles. The van der Waals surface area contributed by atoms with Crippen molar-refractivity contribution in [2.45, 2.75) is 20.8 Å². The zero-order valence-corrected chi connectivity index (χ0v) is 10.2. The number of anilines is 2. The summed E-state index contributed by atoms with van der Waals surface area (Å²) < 4.78 is 0. The van der Waals surface area contributed by atoms with Gasteiger partial charge in [-0.25, -0.2) is 4.98 Å². The Morgan fingerprint density at radius 2 is 2.00 bits per heavy atom. The third-order valence-electron chi connectivity index (χ3n) is 1.84. The van der Waals surface area contributed by atoms with Crippen LogP contribution in [0.1, 0.15) is 20.8 Å². The third kappa shape index (κ3) is 4.14. The van der Waals surface area contributed by atoms with Gasteiger partial charge in [-0.1, -0.05) is 20.8 Å². The number of aromatic nitrogens is 2. The maximum absolute atomic E-state index is 4.38. The minimum atomic E-state index is 0.253. The summed E-state index contributed by atoms with van der Waals surface area (Å²) in [4.78, 5) is 10.4. The molecule has 0 saturated carbocycles. The molecule has 0 aliphatic rings. The minimum Gasteiger partial charge on any atom is -0.369 e. The van der Waals surface area contributed by atoms with Gasteiger partial charge >= 0.3 is 0 Å². The van der Waals surface area contributed by atoms with Gasteiger partial charge in [0.15, 0.2) is 0 Å². The summed E-state index contributed by atoms with van der Waals surface area (Å²) in [5, 5.41) is 3.30. The molecule has 84 valence electrons. The fraction of sp³-hybridized carbons (Fsp3) is 0.636. The Morgan fingerprint density at radius 1 is 1.33 bits per heavy atom. The molecular weight excluding hydrogens is 188 g/mol. The van der Waals surface area contributed by atoms with Gasteiger partial charge in [-0.2, -0.15) is 4.98 Å². The second kappa shape index (κ2) is 4.47. The molecule has 0 fully saturated rings. The predicted molar refractivity (Wildman–Crippen MR) is 64.3 cm³/mol. The standard InChI is InChI=1S/C11H20N4/c1-11(2,3)8-13-9-6-7-12-10(14-9)15(4)5/h6-7H,8H2,1-5H3,(H,12,13,14). The number of nitrogens with zero attached hydrogens (tertiary/aromatic N) is 3. The van der Waals surface area contributed by atoms with Crippen molar-refractivity contribution in [2.75, 3.05) is 30.9 Å². The molecule has 1 aromatic rings. The van der Waals surface area contributed by atoms with E-state index in [1.807, 2.05) is 25.1 Å². The van der Waals surface area contributed by atoms with Crippen molar-refractivity contribution in [1.82, 2.24) is 9.97 Å². The summed E-state index contributed by atoms with van der Waals surface area (Å²) in [6, 6.07) is 1.89. The summed E-state index contributed by atoms with van der Waals surface area (Å²) >= 11 is 0. The van der Waals surface area contributed by atoms with Gasteiger partial charge in [0, 0.05) is 26.8 Å². The van der Waals surface area contributed by atoms with Crippen molar-refractivity contribution in [2.24, 2.45) is 5.41 Å². The molecule has 4 nitrogen and oxygen atoms in total. The van der Waals surface area contributed by atoms with Gasteiger partial charge < -0.3 is 10.2 Å². The molecule has 0 atom stereocenters. The summed E-state index contributed by atoms with van der Waals surface area (Å²) in [5.74, 6) is 1.61. The highest BCUT2D eigenvalue weighted by molar-refractivity contribution is 5.40. The second-order valence-electron chi connectivity index (χ2n) is 5.05. The van der Waals surface area contributed by atoms with Gasteiger partial charge in [-0.05, 0) is 11.5 Å². The van der Waals surface area contributed by atoms with Crippen LogP contribution in [0.25, 0.3) is 0 Å². The van der Waals surface area contributed by atoms with Crippen LogP contribution in [-0.4, -0.2) is 30.6 Å². The van der Waals surface area contributed by atoms with Gasteiger partial charge in [-0.3, -0.25) is 0 Å². The molecule has 0 bridgehead atoms. The number of rotatable bonds is 3. The van der Waals surface area contributed by atoms with Crippen LogP contribution >= 0.6 is 0 Å². The average Bonchev–Trinajstić information content (AvgIpc) is 2.14. The van der Waals surface area contributed by atoms with E-state index in [1.165, 1.54) is 0 Å². The van der Waals surface area contributed by atoms with E-state index >= 15 is 0 Å². The first-order valence-corrected chi connectivity index (χ1v) is 5.13. The molecule has 1 aromatic heterocycles. The molecule has 0 saturated heterocycles. The molecular formula is C11H20N4. The first kappa shape index (κ1) is 11.8. The predicted octanol–water partition coefficient (Wildman–Crippen LogP) is 2.00. The van der Waals surface area contributed by atoms with Crippen molar-refractivity contribution in [1.29, 1.82) is 0 Å². The SMILES string of the molecule is CN(C)c1nccc(NCC(C)(C)C)n1. The van der Waals surface area contributed by atoms with E-state index in [1.54, 1.807) is 6.20 Å². The lowest BCUT2D eigenvalue weighted by Crippen LogP contribution is -2.20. The summed E-state index contributed by atoms with van der Waals surface area (Å²) in [7, 11) is 3.87. The van der Waals surface area contributed by atoms with Gasteiger partial charge in [0.05, 0.1) is 0 Å². The van der Waals surface area contributed by atoms with Crippen LogP contribution in [0.5, 0.6) is 0 Å². The highest BCUT2D eigenvalue weighted by atomic mass is 15.2. The van der Waals surface area contributed by atoms with Crippen LogP contribution in [0.3, 0.4) is 0 Å². The largest absolute Gasteiger partial charge is 0.369 e. The molecule has 1 rings (SSSR count). The van der Waals surface area contributed by atoms with E-state index < -0.39 is 0 Å². The summed E-state index contributed by atoms with van der Waals surface area (Å²) in [6.45, 7) is 7.47. The van der Waals surface area contributed by atoms with Crippen LogP contribution in [-0.2, 0) is 0 Å². The lowest BCUT2D eigenvalue weighted by molar-refractivity contribution is 0.442. The highest BCUT2D eigenvalue weighted by Gasteiger charge is 2.10. The molecule has 0 aliphatic carbocycles. The van der Waals surface area contributed by atoms with E-state index in [4.69, 9.17) is 0 Å². The fourth-order valence-corrected chi connectivity index (χ4v) is 1.02. The smallest absolute Gasteiger partial charge is 0.226 e. The van der Waals surface area contributed by atoms with E-state index in [0.717, 1.165) is 18.3 Å². The maximum Gasteiger partial charge on any atom is 0.226 e. The minimum absolute atomic E-state index is 0.253. The average molecular weight is 208 g/mol. The second-order valence-corrected chi connectivity index (χ2v) is 5.05. The Balaban J connectivity index is 2.66. The topological polar surface area (TPSA) is 41.1 Å². The molecule has 1 N–H and O–H groups in total. The molecule has 0 aliphatic heterocycles. The molecule has 0 aromatic carbocycles. The van der Waals surface area contributed by atoms with Gasteiger partial charge in [0.2, 0.25) is 5.95 Å². The Kier molecular flexibility index (Phi) is 3.50. The zero-order chi connectivity index (χ0) is 11.5. The molecule has 0 unspecified atom stereocenters.